The van der Waals surface area contributed by atoms with Gasteiger partial charge in [-0.25, -0.2) is 8.42 Å². The lowest BCUT2D eigenvalue weighted by Gasteiger charge is -2.41. The number of sulfonamides is 1. The predicted molar refractivity (Wildman–Crippen MR) is 139 cm³/mol. The molecule has 8 heteroatoms. The number of hydrogen-bond acceptors (Lipinski definition) is 5. The molecule has 0 aromatic heterocycles. The van der Waals surface area contributed by atoms with Crippen molar-refractivity contribution < 1.29 is 17.9 Å². The maximum Gasteiger partial charge on any atom is 0.242 e. The van der Waals surface area contributed by atoms with Gasteiger partial charge in [-0.1, -0.05) is 48.5 Å². The molecular formula is C27H37N3O4S. The molecule has 1 N–H and O–H groups in total. The molecule has 2 heterocycles. The Morgan fingerprint density at radius 2 is 1.69 bits per heavy atom. The van der Waals surface area contributed by atoms with Crippen LogP contribution >= 0.6 is 0 Å². The smallest absolute Gasteiger partial charge is 0.242 e. The first-order valence-electron chi connectivity index (χ1n) is 12.2. The lowest BCUT2D eigenvalue weighted by Crippen LogP contribution is -2.57. The van der Waals surface area contributed by atoms with E-state index in [9.17, 15) is 13.2 Å². The highest BCUT2D eigenvalue weighted by atomic mass is 32.2. The average Bonchev–Trinajstić information content (AvgIpc) is 3.13. The summed E-state index contributed by atoms with van der Waals surface area (Å²) in [6.07, 6.45) is 2.73. The summed E-state index contributed by atoms with van der Waals surface area (Å²) < 4.78 is 32.4. The second-order valence-corrected chi connectivity index (χ2v) is 12.7. The molecule has 35 heavy (non-hydrogen) atoms. The Bertz CT molecular complexity index is 1140. The van der Waals surface area contributed by atoms with Crippen LogP contribution in [0.4, 0.5) is 5.69 Å². The molecule has 2 aromatic carbocycles. The third-order valence-corrected chi connectivity index (χ3v) is 8.05. The van der Waals surface area contributed by atoms with E-state index < -0.39 is 16.1 Å². The van der Waals surface area contributed by atoms with Gasteiger partial charge in [0.25, 0.3) is 0 Å². The number of rotatable bonds is 7. The first-order valence-corrected chi connectivity index (χ1v) is 14.1. The molecule has 1 amide bonds. The van der Waals surface area contributed by atoms with Crippen LogP contribution in [0, 0.1) is 0 Å². The zero-order valence-electron chi connectivity index (χ0n) is 21.2. The fourth-order valence-electron chi connectivity index (χ4n) is 5.25. The number of likely N-dealkylation sites (tertiary alicyclic amines) is 1. The van der Waals surface area contributed by atoms with Crippen LogP contribution < -0.4 is 9.62 Å². The number of benzene rings is 2. The molecule has 1 spiro atoms. The number of hydrogen-bond donors (Lipinski definition) is 1. The third-order valence-electron chi connectivity index (χ3n) is 6.92. The van der Waals surface area contributed by atoms with Crippen molar-refractivity contribution in [3.63, 3.8) is 0 Å². The highest BCUT2D eigenvalue weighted by Crippen LogP contribution is 2.47. The van der Waals surface area contributed by atoms with Gasteiger partial charge in [0.15, 0.2) is 0 Å². The van der Waals surface area contributed by atoms with Gasteiger partial charge >= 0.3 is 0 Å². The number of fused-ring (bicyclic) bond motifs is 2. The summed E-state index contributed by atoms with van der Waals surface area (Å²) >= 11 is 0. The van der Waals surface area contributed by atoms with Crippen LogP contribution in [0.25, 0.3) is 0 Å². The molecule has 7 nitrogen and oxygen atoms in total. The van der Waals surface area contributed by atoms with Crippen LogP contribution in [0.3, 0.4) is 0 Å². The molecule has 1 atom stereocenters. The predicted octanol–water partition coefficient (Wildman–Crippen LogP) is 3.30. The summed E-state index contributed by atoms with van der Waals surface area (Å²) in [5.74, 6) is 0.0362. The lowest BCUT2D eigenvalue weighted by atomic mass is 9.74. The highest BCUT2D eigenvalue weighted by molar-refractivity contribution is 7.92. The van der Waals surface area contributed by atoms with Gasteiger partial charge in [0.05, 0.1) is 25.2 Å². The molecule has 0 unspecified atom stereocenters. The van der Waals surface area contributed by atoms with Crippen molar-refractivity contribution in [2.75, 3.05) is 36.8 Å². The molecule has 4 rings (SSSR count). The van der Waals surface area contributed by atoms with Gasteiger partial charge in [0.1, 0.15) is 6.04 Å². The van der Waals surface area contributed by atoms with E-state index in [4.69, 9.17) is 4.74 Å². The summed E-state index contributed by atoms with van der Waals surface area (Å²) in [4.78, 5) is 15.5. The molecule has 2 aromatic rings. The van der Waals surface area contributed by atoms with Crippen molar-refractivity contribution in [1.29, 1.82) is 0 Å². The minimum absolute atomic E-state index is 0.0362. The second-order valence-electron chi connectivity index (χ2n) is 10.8. The van der Waals surface area contributed by atoms with Gasteiger partial charge in [0.2, 0.25) is 15.9 Å². The molecule has 2 aliphatic heterocycles. The lowest BCUT2D eigenvalue weighted by molar-refractivity contribution is -0.137. The number of amides is 1. The van der Waals surface area contributed by atoms with Crippen molar-refractivity contribution in [1.82, 2.24) is 10.2 Å². The summed E-state index contributed by atoms with van der Waals surface area (Å²) in [5, 5.41) is 3.44. The third kappa shape index (κ3) is 5.88. The number of piperidine rings is 1. The number of carbonyl (C=O) groups excluding carboxylic acids is 1. The van der Waals surface area contributed by atoms with E-state index in [0.29, 0.717) is 26.2 Å². The Labute approximate surface area is 209 Å². The van der Waals surface area contributed by atoms with Gasteiger partial charge in [-0.2, -0.15) is 0 Å². The minimum Gasteiger partial charge on any atom is -0.375 e. The van der Waals surface area contributed by atoms with Gasteiger partial charge < -0.3 is 9.64 Å². The number of nitrogens with one attached hydrogen (secondary N) is 1. The van der Waals surface area contributed by atoms with E-state index in [1.807, 2.05) is 80.3 Å². The largest absolute Gasteiger partial charge is 0.375 e. The molecular weight excluding hydrogens is 462 g/mol. The molecule has 2 aliphatic rings. The van der Waals surface area contributed by atoms with Gasteiger partial charge in [-0.05, 0) is 50.8 Å². The number of nitrogens with zero attached hydrogens (tertiary/aromatic N) is 2. The Morgan fingerprint density at radius 3 is 2.31 bits per heavy atom. The van der Waals surface area contributed by atoms with Crippen LogP contribution in [-0.4, -0.2) is 63.3 Å². The van der Waals surface area contributed by atoms with Gasteiger partial charge in [0, 0.05) is 30.6 Å². The maximum absolute atomic E-state index is 13.6. The van der Waals surface area contributed by atoms with Crippen molar-refractivity contribution in [2.24, 2.45) is 0 Å². The topological polar surface area (TPSA) is 79.0 Å². The first-order chi connectivity index (χ1) is 16.5. The van der Waals surface area contributed by atoms with Crippen LogP contribution in [0.5, 0.6) is 0 Å². The second kappa shape index (κ2) is 9.91. The monoisotopic (exact) mass is 499 g/mol. The summed E-state index contributed by atoms with van der Waals surface area (Å²) in [7, 11) is -3.36. The van der Waals surface area contributed by atoms with Crippen LogP contribution in [0.1, 0.15) is 44.7 Å². The fraction of sp³-hybridized carbons (Fsp3) is 0.519. The summed E-state index contributed by atoms with van der Waals surface area (Å²) in [6.45, 7) is 8.50. The Kier molecular flexibility index (Phi) is 7.27. The van der Waals surface area contributed by atoms with Crippen molar-refractivity contribution >= 4 is 21.6 Å². The fourth-order valence-corrected chi connectivity index (χ4v) is 6.25. The van der Waals surface area contributed by atoms with Crippen molar-refractivity contribution in [3.8, 4) is 0 Å². The SMILES string of the molecule is CC(C)(C)N[C@H](COCc1ccccc1)C(=O)N1CCC2(CC1)CN(S(C)(=O)=O)c1ccccc12. The Balaban J connectivity index is 1.44. The summed E-state index contributed by atoms with van der Waals surface area (Å²) in [5.41, 5.74) is 2.43. The quantitative estimate of drug-likeness (QED) is 0.633. The van der Waals surface area contributed by atoms with E-state index in [1.54, 1.807) is 0 Å². The zero-order chi connectivity index (χ0) is 25.3. The molecule has 0 bridgehead atoms. The van der Waals surface area contributed by atoms with Gasteiger partial charge in [-0.3, -0.25) is 14.4 Å². The van der Waals surface area contributed by atoms with E-state index in [1.165, 1.54) is 10.6 Å². The molecule has 0 saturated carbocycles. The van der Waals surface area contributed by atoms with Crippen LogP contribution in [0.2, 0.25) is 0 Å². The zero-order valence-corrected chi connectivity index (χ0v) is 22.0. The molecule has 190 valence electrons. The van der Waals surface area contributed by atoms with Crippen LogP contribution in [0.15, 0.2) is 54.6 Å². The van der Waals surface area contributed by atoms with Crippen molar-refractivity contribution in [2.45, 2.75) is 57.2 Å². The number of carbonyl (C=O) groups is 1. The van der Waals surface area contributed by atoms with E-state index in [2.05, 4.69) is 5.32 Å². The standard InChI is InChI=1S/C27H37N3O4S/c1-26(2,3)28-23(19-34-18-21-10-6-5-7-11-21)25(31)29-16-14-27(15-17-29)20-30(35(4,32)33)24-13-9-8-12-22(24)27/h5-13,23,28H,14-20H2,1-4H3/t23-/m1/s1. The molecule has 0 radical (unpaired) electrons. The normalized spacial score (nSPS) is 18.5. The Hall–Kier alpha value is -2.42. The average molecular weight is 500 g/mol. The highest BCUT2D eigenvalue weighted by Gasteiger charge is 2.47. The molecule has 1 fully saturated rings. The summed E-state index contributed by atoms with van der Waals surface area (Å²) in [6, 6.07) is 17.3. The maximum atomic E-state index is 13.6. The number of para-hydroxylation sites is 1. The number of ether oxygens (including phenoxy) is 1. The number of anilines is 1. The molecule has 1 saturated heterocycles. The van der Waals surface area contributed by atoms with E-state index in [-0.39, 0.29) is 23.5 Å². The van der Waals surface area contributed by atoms with Crippen LogP contribution in [-0.2, 0) is 31.6 Å². The Morgan fingerprint density at radius 1 is 1.06 bits per heavy atom. The van der Waals surface area contributed by atoms with E-state index in [0.717, 1.165) is 29.7 Å². The first kappa shape index (κ1) is 25.7. The minimum atomic E-state index is -3.36. The van der Waals surface area contributed by atoms with Crippen molar-refractivity contribution in [3.05, 3.63) is 65.7 Å². The molecule has 0 aliphatic carbocycles. The van der Waals surface area contributed by atoms with Gasteiger partial charge in [-0.15, -0.1) is 0 Å². The van der Waals surface area contributed by atoms with E-state index >= 15 is 0 Å².